The number of aromatic nitrogens is 3. The number of nitrogens with one attached hydrogen (secondary N) is 1. The van der Waals surface area contributed by atoms with E-state index >= 15 is 0 Å². The number of ether oxygens (including phenoxy) is 1. The number of esters is 1. The van der Waals surface area contributed by atoms with Gasteiger partial charge in [0.25, 0.3) is 5.56 Å². The Labute approximate surface area is 101 Å². The largest absolute Gasteiger partial charge is 0.465 e. The number of carbonyl (C=O) groups is 1. The van der Waals surface area contributed by atoms with E-state index in [1.807, 2.05) is 0 Å². The zero-order valence-corrected chi connectivity index (χ0v) is 9.51. The van der Waals surface area contributed by atoms with Gasteiger partial charge in [-0.3, -0.25) is 9.20 Å². The summed E-state index contributed by atoms with van der Waals surface area (Å²) in [6, 6.07) is 4.97. The van der Waals surface area contributed by atoms with Crippen molar-refractivity contribution in [3.8, 4) is 0 Å². The summed E-state index contributed by atoms with van der Waals surface area (Å²) in [5.41, 5.74) is 1.94. The predicted molar refractivity (Wildman–Crippen MR) is 64.7 cm³/mol. The molecule has 0 bridgehead atoms. The molecule has 0 spiro atoms. The molecule has 3 rings (SSSR count). The van der Waals surface area contributed by atoms with Crippen LogP contribution in [0.5, 0.6) is 0 Å². The third-order valence-electron chi connectivity index (χ3n) is 2.80. The Morgan fingerprint density at radius 2 is 2.22 bits per heavy atom. The normalized spacial score (nSPS) is 10.9. The number of hydrogen-bond acceptors (Lipinski definition) is 4. The van der Waals surface area contributed by atoms with Crippen LogP contribution in [0.2, 0.25) is 0 Å². The van der Waals surface area contributed by atoms with Crippen LogP contribution in [0.3, 0.4) is 0 Å². The second-order valence-corrected chi connectivity index (χ2v) is 3.83. The van der Waals surface area contributed by atoms with E-state index in [4.69, 9.17) is 0 Å². The van der Waals surface area contributed by atoms with Gasteiger partial charge in [-0.15, -0.1) is 0 Å². The topological polar surface area (TPSA) is 76.5 Å². The van der Waals surface area contributed by atoms with Crippen LogP contribution in [0.15, 0.2) is 35.5 Å². The van der Waals surface area contributed by atoms with Gasteiger partial charge in [-0.1, -0.05) is 0 Å². The Morgan fingerprint density at radius 1 is 1.39 bits per heavy atom. The van der Waals surface area contributed by atoms with E-state index in [0.717, 1.165) is 5.52 Å². The minimum atomic E-state index is -0.441. The Hall–Kier alpha value is -2.63. The Morgan fingerprint density at radius 3 is 3.00 bits per heavy atom. The van der Waals surface area contributed by atoms with Gasteiger partial charge in [-0.2, -0.15) is 0 Å². The molecule has 6 heteroatoms. The smallest absolute Gasteiger partial charge is 0.337 e. The van der Waals surface area contributed by atoms with Crippen molar-refractivity contribution in [1.29, 1.82) is 0 Å². The summed E-state index contributed by atoms with van der Waals surface area (Å²) in [4.78, 5) is 29.8. The highest BCUT2D eigenvalue weighted by Gasteiger charge is 2.09. The monoisotopic (exact) mass is 243 g/mol. The summed E-state index contributed by atoms with van der Waals surface area (Å²) in [7, 11) is 1.31. The van der Waals surface area contributed by atoms with Crippen LogP contribution in [0.25, 0.3) is 16.6 Å². The number of nitrogens with zero attached hydrogens (tertiary/aromatic N) is 2. The van der Waals surface area contributed by atoms with Crippen LogP contribution in [0, 0.1) is 0 Å². The highest BCUT2D eigenvalue weighted by atomic mass is 16.5. The minimum Gasteiger partial charge on any atom is -0.465 e. The molecule has 0 unspecified atom stereocenters. The number of H-pyrrole nitrogens is 1. The predicted octanol–water partition coefficient (Wildman–Crippen LogP) is 0.962. The molecule has 0 aliphatic carbocycles. The molecule has 3 aromatic rings. The third kappa shape index (κ3) is 1.39. The molecule has 0 aliphatic rings. The van der Waals surface area contributed by atoms with Gasteiger partial charge in [0.15, 0.2) is 0 Å². The van der Waals surface area contributed by atoms with Crippen molar-refractivity contribution in [3.05, 3.63) is 46.6 Å². The van der Waals surface area contributed by atoms with E-state index in [1.54, 1.807) is 28.9 Å². The van der Waals surface area contributed by atoms with E-state index in [1.165, 1.54) is 13.3 Å². The summed E-state index contributed by atoms with van der Waals surface area (Å²) in [5.74, 6) is -0.441. The summed E-state index contributed by atoms with van der Waals surface area (Å²) in [6.07, 6.45) is 3.05. The van der Waals surface area contributed by atoms with Gasteiger partial charge < -0.3 is 9.72 Å². The molecule has 0 amide bonds. The standard InChI is InChI=1S/C12H9N3O3/c1-18-12(17)7-2-3-9-8(4-7)14-11(16)10-5-13-6-15(9)10/h2-6H,1H3,(H,14,16). The quantitative estimate of drug-likeness (QED) is 0.646. The van der Waals surface area contributed by atoms with E-state index in [2.05, 4.69) is 14.7 Å². The molecule has 2 aromatic heterocycles. The summed E-state index contributed by atoms with van der Waals surface area (Å²) in [6.45, 7) is 0. The number of imidazole rings is 1. The van der Waals surface area contributed by atoms with E-state index in [-0.39, 0.29) is 5.56 Å². The number of methoxy groups -OCH3 is 1. The maximum absolute atomic E-state index is 11.8. The second kappa shape index (κ2) is 3.69. The van der Waals surface area contributed by atoms with E-state index < -0.39 is 5.97 Å². The lowest BCUT2D eigenvalue weighted by atomic mass is 10.2. The number of fused-ring (bicyclic) bond motifs is 3. The first-order valence-corrected chi connectivity index (χ1v) is 5.27. The highest BCUT2D eigenvalue weighted by molar-refractivity contribution is 5.93. The van der Waals surface area contributed by atoms with Crippen molar-refractivity contribution in [3.63, 3.8) is 0 Å². The van der Waals surface area contributed by atoms with Gasteiger partial charge >= 0.3 is 5.97 Å². The lowest BCUT2D eigenvalue weighted by Crippen LogP contribution is -2.10. The molecule has 18 heavy (non-hydrogen) atoms. The van der Waals surface area contributed by atoms with Crippen molar-refractivity contribution in [2.45, 2.75) is 0 Å². The molecule has 0 aliphatic heterocycles. The van der Waals surface area contributed by atoms with Crippen LogP contribution in [0.4, 0.5) is 0 Å². The molecule has 0 saturated heterocycles. The molecular weight excluding hydrogens is 234 g/mol. The Balaban J connectivity index is 2.39. The third-order valence-corrected chi connectivity index (χ3v) is 2.80. The molecule has 90 valence electrons. The number of rotatable bonds is 1. The first kappa shape index (κ1) is 10.5. The van der Waals surface area contributed by atoms with Crippen LogP contribution in [-0.4, -0.2) is 27.4 Å². The molecule has 0 atom stereocenters. The minimum absolute atomic E-state index is 0.248. The fourth-order valence-electron chi connectivity index (χ4n) is 1.93. The zero-order valence-electron chi connectivity index (χ0n) is 9.51. The molecular formula is C12H9N3O3. The molecule has 1 aromatic carbocycles. The molecule has 0 saturated carbocycles. The summed E-state index contributed by atoms with van der Waals surface area (Å²) in [5, 5.41) is 0. The summed E-state index contributed by atoms with van der Waals surface area (Å²) >= 11 is 0. The zero-order chi connectivity index (χ0) is 12.7. The SMILES string of the molecule is COC(=O)c1ccc2c(c1)[nH]c(=O)c1cncn12. The molecule has 1 N–H and O–H groups in total. The molecule has 2 heterocycles. The van der Waals surface area contributed by atoms with Crippen LogP contribution < -0.4 is 5.56 Å². The van der Waals surface area contributed by atoms with Gasteiger partial charge in [0.2, 0.25) is 0 Å². The van der Waals surface area contributed by atoms with Gasteiger partial charge in [0.05, 0.1) is 36.2 Å². The van der Waals surface area contributed by atoms with Gasteiger partial charge in [-0.25, -0.2) is 9.78 Å². The highest BCUT2D eigenvalue weighted by Crippen LogP contribution is 2.14. The van der Waals surface area contributed by atoms with Crippen molar-refractivity contribution in [2.24, 2.45) is 0 Å². The average Bonchev–Trinajstić information content (AvgIpc) is 2.87. The maximum atomic E-state index is 11.8. The van der Waals surface area contributed by atoms with E-state index in [0.29, 0.717) is 16.6 Å². The fourth-order valence-corrected chi connectivity index (χ4v) is 1.93. The maximum Gasteiger partial charge on any atom is 0.337 e. The van der Waals surface area contributed by atoms with E-state index in [9.17, 15) is 9.59 Å². The summed E-state index contributed by atoms with van der Waals surface area (Å²) < 4.78 is 6.31. The first-order valence-electron chi connectivity index (χ1n) is 5.27. The van der Waals surface area contributed by atoms with Crippen LogP contribution >= 0.6 is 0 Å². The van der Waals surface area contributed by atoms with Gasteiger partial charge in [0.1, 0.15) is 5.52 Å². The molecule has 0 fully saturated rings. The number of hydrogen-bond donors (Lipinski definition) is 1. The number of carbonyl (C=O) groups excluding carboxylic acids is 1. The van der Waals surface area contributed by atoms with Gasteiger partial charge in [-0.05, 0) is 18.2 Å². The average molecular weight is 243 g/mol. The van der Waals surface area contributed by atoms with Gasteiger partial charge in [0, 0.05) is 0 Å². The van der Waals surface area contributed by atoms with Crippen molar-refractivity contribution >= 4 is 22.5 Å². The first-order chi connectivity index (χ1) is 8.70. The number of aromatic amines is 1. The van der Waals surface area contributed by atoms with Crippen LogP contribution in [-0.2, 0) is 4.74 Å². The lowest BCUT2D eigenvalue weighted by molar-refractivity contribution is 0.0601. The van der Waals surface area contributed by atoms with Crippen LogP contribution in [0.1, 0.15) is 10.4 Å². The molecule has 0 radical (unpaired) electrons. The second-order valence-electron chi connectivity index (χ2n) is 3.83. The van der Waals surface area contributed by atoms with Crippen molar-refractivity contribution < 1.29 is 9.53 Å². The fraction of sp³-hybridized carbons (Fsp3) is 0.0833. The number of benzene rings is 1. The Kier molecular flexibility index (Phi) is 2.16. The Bertz CT molecular complexity index is 816. The lowest BCUT2D eigenvalue weighted by Gasteiger charge is -2.04. The van der Waals surface area contributed by atoms with Crippen molar-refractivity contribution in [2.75, 3.05) is 7.11 Å². The van der Waals surface area contributed by atoms with Crippen molar-refractivity contribution in [1.82, 2.24) is 14.4 Å². The molecule has 6 nitrogen and oxygen atoms in total.